The predicted molar refractivity (Wildman–Crippen MR) is 126 cm³/mol. The Morgan fingerprint density at radius 2 is 1.52 bits per heavy atom. The molecule has 0 saturated heterocycles. The lowest BCUT2D eigenvalue weighted by atomic mass is 10.2. The fourth-order valence-electron chi connectivity index (χ4n) is 2.77. The molecule has 0 saturated carbocycles. The zero-order valence-electron chi connectivity index (χ0n) is 18.9. The summed E-state index contributed by atoms with van der Waals surface area (Å²) in [6, 6.07) is 4.62. The largest absolute Gasteiger partial charge is 0.494 e. The van der Waals surface area contributed by atoms with E-state index in [0.29, 0.717) is 29.7 Å². The van der Waals surface area contributed by atoms with E-state index in [-0.39, 0.29) is 27.9 Å². The molecular weight excluding hydrogens is 473 g/mol. The van der Waals surface area contributed by atoms with E-state index in [2.05, 4.69) is 15.5 Å². The summed E-state index contributed by atoms with van der Waals surface area (Å²) in [6.07, 6.45) is 0. The number of nitrogens with zero attached hydrogens (tertiary/aromatic N) is 2. The lowest BCUT2D eigenvalue weighted by Crippen LogP contribution is -2.32. The summed E-state index contributed by atoms with van der Waals surface area (Å²) in [7, 11) is 2.82. The summed E-state index contributed by atoms with van der Waals surface area (Å²) in [5, 5.41) is 11.3. The Balaban J connectivity index is 2.38. The predicted octanol–water partition coefficient (Wildman–Crippen LogP) is 5.49. The van der Waals surface area contributed by atoms with Gasteiger partial charge in [0.1, 0.15) is 28.6 Å². The number of Topliss-reactive ketones (excluding diaryl/α,β-unsaturated/α-hetero) is 1. The molecule has 0 radical (unpaired) electrons. The van der Waals surface area contributed by atoms with Gasteiger partial charge < -0.3 is 24.3 Å². The Morgan fingerprint density at radius 1 is 0.939 bits per heavy atom. The number of methoxy groups -OCH3 is 2. The SMILES string of the molecule is CCOc1cc(OCC)c(N=NC(C(C)=O)C(=O)Nc2c(OC)cc(Cl)cc2OC)cc1Cl. The summed E-state index contributed by atoms with van der Waals surface area (Å²) < 4.78 is 21.6. The van der Waals surface area contributed by atoms with Crippen molar-refractivity contribution in [3.8, 4) is 23.0 Å². The Hall–Kier alpha value is -3.04. The standard InChI is InChI=1S/C22H25Cl2N3O6/c1-6-32-16-11-17(33-7-2)15(10-14(16)24)26-27-20(12(3)28)22(29)25-21-18(30-4)8-13(23)9-19(21)31-5/h8-11,20H,6-7H2,1-5H3,(H,25,29). The molecule has 1 atom stereocenters. The van der Waals surface area contributed by atoms with Gasteiger partial charge in [0.25, 0.3) is 5.91 Å². The van der Waals surface area contributed by atoms with Gasteiger partial charge in [0.05, 0.1) is 32.5 Å². The first-order chi connectivity index (χ1) is 15.7. The average molecular weight is 498 g/mol. The highest BCUT2D eigenvalue weighted by Crippen LogP contribution is 2.39. The summed E-state index contributed by atoms with van der Waals surface area (Å²) in [6.45, 7) is 5.62. The molecule has 2 rings (SSSR count). The van der Waals surface area contributed by atoms with Crippen LogP contribution in [0.3, 0.4) is 0 Å². The molecule has 0 heterocycles. The summed E-state index contributed by atoms with van der Waals surface area (Å²) in [5.74, 6) is 0.00764. The molecule has 33 heavy (non-hydrogen) atoms. The third kappa shape index (κ3) is 6.72. The summed E-state index contributed by atoms with van der Waals surface area (Å²) in [5.41, 5.74) is 0.445. The van der Waals surface area contributed by atoms with Gasteiger partial charge in [-0.3, -0.25) is 9.59 Å². The number of ether oxygens (including phenoxy) is 4. The van der Waals surface area contributed by atoms with Gasteiger partial charge in [0.2, 0.25) is 6.04 Å². The first-order valence-corrected chi connectivity index (χ1v) is 10.7. The monoisotopic (exact) mass is 497 g/mol. The van der Waals surface area contributed by atoms with E-state index in [1.807, 2.05) is 6.92 Å². The zero-order chi connectivity index (χ0) is 24.5. The number of hydrogen-bond acceptors (Lipinski definition) is 8. The van der Waals surface area contributed by atoms with E-state index >= 15 is 0 Å². The number of amides is 1. The van der Waals surface area contributed by atoms with Crippen molar-refractivity contribution in [3.05, 3.63) is 34.3 Å². The van der Waals surface area contributed by atoms with Crippen molar-refractivity contribution >= 4 is 46.3 Å². The van der Waals surface area contributed by atoms with Gasteiger partial charge in [0.15, 0.2) is 11.5 Å². The number of benzene rings is 2. The van der Waals surface area contributed by atoms with Crippen molar-refractivity contribution < 1.29 is 28.5 Å². The van der Waals surface area contributed by atoms with Gasteiger partial charge in [-0.1, -0.05) is 23.2 Å². The van der Waals surface area contributed by atoms with Crippen molar-refractivity contribution in [1.29, 1.82) is 0 Å². The molecule has 1 amide bonds. The number of ketones is 1. The molecule has 2 aromatic carbocycles. The number of carbonyl (C=O) groups is 2. The number of halogens is 2. The minimum absolute atomic E-state index is 0.204. The maximum absolute atomic E-state index is 12.9. The molecule has 0 fully saturated rings. The van der Waals surface area contributed by atoms with E-state index < -0.39 is 17.7 Å². The molecule has 0 spiro atoms. The van der Waals surface area contributed by atoms with Gasteiger partial charge in [-0.25, -0.2) is 0 Å². The van der Waals surface area contributed by atoms with E-state index in [9.17, 15) is 9.59 Å². The molecule has 2 aromatic rings. The number of carbonyl (C=O) groups excluding carboxylic acids is 2. The highest BCUT2D eigenvalue weighted by Gasteiger charge is 2.26. The third-order valence-corrected chi connectivity index (χ3v) is 4.76. The molecule has 0 aliphatic heterocycles. The van der Waals surface area contributed by atoms with Crippen molar-refractivity contribution in [2.75, 3.05) is 32.8 Å². The van der Waals surface area contributed by atoms with Crippen LogP contribution in [-0.2, 0) is 9.59 Å². The van der Waals surface area contributed by atoms with Crippen molar-refractivity contribution in [2.45, 2.75) is 26.8 Å². The van der Waals surface area contributed by atoms with Crippen LogP contribution in [0, 0.1) is 0 Å². The van der Waals surface area contributed by atoms with Crippen LogP contribution in [0.2, 0.25) is 10.0 Å². The minimum atomic E-state index is -1.45. The van der Waals surface area contributed by atoms with Crippen LogP contribution >= 0.6 is 23.2 Å². The molecule has 1 unspecified atom stereocenters. The van der Waals surface area contributed by atoms with Crippen molar-refractivity contribution in [1.82, 2.24) is 0 Å². The van der Waals surface area contributed by atoms with E-state index in [1.165, 1.54) is 39.3 Å². The second-order valence-corrected chi connectivity index (χ2v) is 7.36. The first-order valence-electron chi connectivity index (χ1n) is 9.98. The fraction of sp³-hybridized carbons (Fsp3) is 0.364. The van der Waals surface area contributed by atoms with Gasteiger partial charge >= 0.3 is 0 Å². The maximum atomic E-state index is 12.9. The molecule has 0 aliphatic rings. The number of azo groups is 1. The number of anilines is 1. The number of rotatable bonds is 11. The van der Waals surface area contributed by atoms with E-state index in [1.54, 1.807) is 13.0 Å². The summed E-state index contributed by atoms with van der Waals surface area (Å²) in [4.78, 5) is 25.1. The number of nitrogens with one attached hydrogen (secondary N) is 1. The lowest BCUT2D eigenvalue weighted by Gasteiger charge is -2.16. The van der Waals surface area contributed by atoms with Crippen molar-refractivity contribution in [3.63, 3.8) is 0 Å². The highest BCUT2D eigenvalue weighted by molar-refractivity contribution is 6.32. The Kier molecular flexibility index (Phi) is 9.74. The second kappa shape index (κ2) is 12.3. The lowest BCUT2D eigenvalue weighted by molar-refractivity contribution is -0.126. The molecule has 178 valence electrons. The molecule has 11 heteroatoms. The third-order valence-electron chi connectivity index (χ3n) is 4.25. The van der Waals surface area contributed by atoms with Gasteiger partial charge in [0, 0.05) is 23.2 Å². The quantitative estimate of drug-likeness (QED) is 0.324. The van der Waals surface area contributed by atoms with Crippen LogP contribution in [-0.4, -0.2) is 45.2 Å². The van der Waals surface area contributed by atoms with Crippen LogP contribution in [0.1, 0.15) is 20.8 Å². The summed E-state index contributed by atoms with van der Waals surface area (Å²) >= 11 is 12.3. The fourth-order valence-corrected chi connectivity index (χ4v) is 3.18. The smallest absolute Gasteiger partial charge is 0.259 e. The molecule has 9 nitrogen and oxygen atoms in total. The van der Waals surface area contributed by atoms with Crippen LogP contribution in [0.4, 0.5) is 11.4 Å². The highest BCUT2D eigenvalue weighted by atomic mass is 35.5. The Bertz CT molecular complexity index is 1020. The van der Waals surface area contributed by atoms with E-state index in [0.717, 1.165) is 0 Å². The zero-order valence-corrected chi connectivity index (χ0v) is 20.4. The average Bonchev–Trinajstić information content (AvgIpc) is 2.77. The molecule has 1 N–H and O–H groups in total. The van der Waals surface area contributed by atoms with Gasteiger partial charge in [-0.05, 0) is 26.8 Å². The van der Waals surface area contributed by atoms with Gasteiger partial charge in [-0.15, -0.1) is 0 Å². The van der Waals surface area contributed by atoms with Gasteiger partial charge in [-0.2, -0.15) is 10.2 Å². The normalized spacial score (nSPS) is 11.7. The van der Waals surface area contributed by atoms with Crippen molar-refractivity contribution in [2.24, 2.45) is 10.2 Å². The first kappa shape index (κ1) is 26.2. The van der Waals surface area contributed by atoms with Crippen LogP contribution in [0.5, 0.6) is 23.0 Å². The topological polar surface area (TPSA) is 108 Å². The molecule has 0 aliphatic carbocycles. The van der Waals surface area contributed by atoms with Crippen LogP contribution < -0.4 is 24.3 Å². The maximum Gasteiger partial charge on any atom is 0.259 e. The Labute approximate surface area is 202 Å². The van der Waals surface area contributed by atoms with E-state index in [4.69, 9.17) is 42.1 Å². The molecule has 0 aromatic heterocycles. The molecular formula is C22H25Cl2N3O6. The van der Waals surface area contributed by atoms with Crippen LogP contribution in [0.25, 0.3) is 0 Å². The molecule has 0 bridgehead atoms. The minimum Gasteiger partial charge on any atom is -0.494 e. The van der Waals surface area contributed by atoms with Crippen LogP contribution in [0.15, 0.2) is 34.5 Å². The number of hydrogen-bond donors (Lipinski definition) is 1. The second-order valence-electron chi connectivity index (χ2n) is 6.52. The Morgan fingerprint density at radius 3 is 2.03 bits per heavy atom.